The molecule has 0 atom stereocenters. The second kappa shape index (κ2) is 5.70. The van der Waals surface area contributed by atoms with Crippen molar-refractivity contribution in [2.45, 2.75) is 6.92 Å². The van der Waals surface area contributed by atoms with Gasteiger partial charge in [-0.15, -0.1) is 0 Å². The van der Waals surface area contributed by atoms with Crippen LogP contribution in [0.2, 0.25) is 0 Å². The van der Waals surface area contributed by atoms with Crippen LogP contribution in [0.15, 0.2) is 64.7 Å². The summed E-state index contributed by atoms with van der Waals surface area (Å²) < 4.78 is 6.32. The molecule has 0 spiro atoms. The normalized spacial score (nSPS) is 16.0. The van der Waals surface area contributed by atoms with Crippen molar-refractivity contribution in [1.82, 2.24) is 0 Å². The second-order valence-electron chi connectivity index (χ2n) is 4.92. The molecule has 2 aromatic carbocycles. The van der Waals surface area contributed by atoms with Gasteiger partial charge < -0.3 is 4.74 Å². The molecule has 3 rings (SSSR count). The van der Waals surface area contributed by atoms with Crippen molar-refractivity contribution in [2.24, 2.45) is 0 Å². The maximum absolute atomic E-state index is 12.0. The number of aryl methyl sites for hydroxylation is 1. The van der Waals surface area contributed by atoms with Crippen LogP contribution in [-0.2, 0) is 9.53 Å². The highest BCUT2D eigenvalue weighted by Crippen LogP contribution is 2.28. The van der Waals surface area contributed by atoms with Crippen LogP contribution in [-0.4, -0.2) is 5.97 Å². The van der Waals surface area contributed by atoms with Gasteiger partial charge in [-0.1, -0.05) is 57.9 Å². The van der Waals surface area contributed by atoms with Crippen molar-refractivity contribution in [3.05, 3.63) is 81.3 Å². The summed E-state index contributed by atoms with van der Waals surface area (Å²) >= 11 is 3.42. The molecule has 1 aliphatic rings. The maximum atomic E-state index is 12.0. The Kier molecular flexibility index (Phi) is 3.76. The molecule has 0 unspecified atom stereocenters. The van der Waals surface area contributed by atoms with Crippen LogP contribution in [0.25, 0.3) is 11.8 Å². The summed E-state index contributed by atoms with van der Waals surface area (Å²) in [4.78, 5) is 12.0. The fourth-order valence-electron chi connectivity index (χ4n) is 2.13. The van der Waals surface area contributed by atoms with Gasteiger partial charge in [0.1, 0.15) is 5.76 Å². The van der Waals surface area contributed by atoms with Crippen LogP contribution in [0, 0.1) is 6.92 Å². The van der Waals surface area contributed by atoms with Crippen LogP contribution < -0.4 is 0 Å². The lowest BCUT2D eigenvalue weighted by Gasteiger charge is -2.01. The summed E-state index contributed by atoms with van der Waals surface area (Å²) in [6.45, 7) is 2.03. The minimum atomic E-state index is -0.314. The second-order valence-corrected chi connectivity index (χ2v) is 5.83. The summed E-state index contributed by atoms with van der Waals surface area (Å²) in [6, 6.07) is 15.7. The molecular formula is C18H13BrO2. The maximum Gasteiger partial charge on any atom is 0.343 e. The summed E-state index contributed by atoms with van der Waals surface area (Å²) in [5.41, 5.74) is 3.60. The van der Waals surface area contributed by atoms with Gasteiger partial charge in [0.05, 0.1) is 5.57 Å². The van der Waals surface area contributed by atoms with Gasteiger partial charge in [-0.3, -0.25) is 0 Å². The SMILES string of the molecule is Cc1ccc(C2=CC(=Cc3cccc(Br)c3)C(=O)O2)cc1. The average molecular weight is 341 g/mol. The highest BCUT2D eigenvalue weighted by atomic mass is 79.9. The fraction of sp³-hybridized carbons (Fsp3) is 0.0556. The van der Waals surface area contributed by atoms with E-state index in [0.717, 1.165) is 15.6 Å². The number of halogens is 1. The predicted molar refractivity (Wildman–Crippen MR) is 87.4 cm³/mol. The third kappa shape index (κ3) is 3.14. The molecule has 0 aromatic heterocycles. The number of rotatable bonds is 2. The molecule has 0 saturated carbocycles. The zero-order chi connectivity index (χ0) is 14.8. The zero-order valence-electron chi connectivity index (χ0n) is 11.5. The lowest BCUT2D eigenvalue weighted by atomic mass is 10.1. The van der Waals surface area contributed by atoms with Gasteiger partial charge >= 0.3 is 5.97 Å². The van der Waals surface area contributed by atoms with Crippen molar-refractivity contribution < 1.29 is 9.53 Å². The van der Waals surface area contributed by atoms with Crippen LogP contribution in [0.5, 0.6) is 0 Å². The first-order valence-electron chi connectivity index (χ1n) is 6.60. The van der Waals surface area contributed by atoms with E-state index in [0.29, 0.717) is 11.3 Å². The lowest BCUT2D eigenvalue weighted by Crippen LogP contribution is -1.97. The molecule has 0 aliphatic carbocycles. The summed E-state index contributed by atoms with van der Waals surface area (Å²) in [6.07, 6.45) is 3.61. The van der Waals surface area contributed by atoms with Crippen LogP contribution in [0.4, 0.5) is 0 Å². The minimum Gasteiger partial charge on any atom is -0.422 e. The lowest BCUT2D eigenvalue weighted by molar-refractivity contribution is -0.130. The fourth-order valence-corrected chi connectivity index (χ4v) is 2.54. The molecule has 21 heavy (non-hydrogen) atoms. The van der Waals surface area contributed by atoms with Crippen molar-refractivity contribution in [1.29, 1.82) is 0 Å². The molecule has 0 bridgehead atoms. The monoisotopic (exact) mass is 340 g/mol. The molecule has 1 aliphatic heterocycles. The summed E-state index contributed by atoms with van der Waals surface area (Å²) in [7, 11) is 0. The minimum absolute atomic E-state index is 0.314. The van der Waals surface area contributed by atoms with Gasteiger partial charge in [0.15, 0.2) is 0 Å². The summed E-state index contributed by atoms with van der Waals surface area (Å²) in [5.74, 6) is 0.284. The van der Waals surface area contributed by atoms with Gasteiger partial charge in [-0.05, 0) is 36.8 Å². The molecule has 2 aromatic rings. The van der Waals surface area contributed by atoms with Crippen molar-refractivity contribution in [3.63, 3.8) is 0 Å². The molecule has 0 saturated heterocycles. The third-order valence-corrected chi connectivity index (χ3v) is 3.73. The zero-order valence-corrected chi connectivity index (χ0v) is 13.1. The molecule has 3 heteroatoms. The van der Waals surface area contributed by atoms with Gasteiger partial charge in [0.2, 0.25) is 0 Å². The van der Waals surface area contributed by atoms with Crippen molar-refractivity contribution >= 4 is 33.7 Å². The Hall–Kier alpha value is -2.13. The number of hydrogen-bond donors (Lipinski definition) is 0. The molecule has 0 N–H and O–H groups in total. The molecule has 1 heterocycles. The Morgan fingerprint density at radius 1 is 1.10 bits per heavy atom. The number of carbonyl (C=O) groups is 1. The van der Waals surface area contributed by atoms with Gasteiger partial charge in [-0.25, -0.2) is 4.79 Å². The number of ether oxygens (including phenoxy) is 1. The number of carbonyl (C=O) groups excluding carboxylic acids is 1. The molecule has 0 radical (unpaired) electrons. The van der Waals surface area contributed by atoms with E-state index >= 15 is 0 Å². The molecule has 0 amide bonds. The molecule has 2 nitrogen and oxygen atoms in total. The Bertz CT molecular complexity index is 755. The van der Waals surface area contributed by atoms with Crippen LogP contribution >= 0.6 is 15.9 Å². The number of cyclic esters (lactones) is 1. The van der Waals surface area contributed by atoms with E-state index in [9.17, 15) is 4.79 Å². The number of benzene rings is 2. The first kappa shape index (κ1) is 13.8. The van der Waals surface area contributed by atoms with Crippen LogP contribution in [0.3, 0.4) is 0 Å². The quantitative estimate of drug-likeness (QED) is 0.583. The number of esters is 1. The average Bonchev–Trinajstić information content (AvgIpc) is 2.81. The Morgan fingerprint density at radius 3 is 2.57 bits per heavy atom. The summed E-state index contributed by atoms with van der Waals surface area (Å²) in [5, 5.41) is 0. The largest absolute Gasteiger partial charge is 0.422 e. The van der Waals surface area contributed by atoms with E-state index in [1.165, 1.54) is 5.56 Å². The third-order valence-electron chi connectivity index (χ3n) is 3.23. The molecule has 104 valence electrons. The van der Waals surface area contributed by atoms with E-state index in [2.05, 4.69) is 15.9 Å². The van der Waals surface area contributed by atoms with E-state index in [1.807, 2.05) is 61.5 Å². The predicted octanol–water partition coefficient (Wildman–Crippen LogP) is 4.74. The smallest absolute Gasteiger partial charge is 0.343 e. The highest BCUT2D eigenvalue weighted by Gasteiger charge is 2.21. The molecular weight excluding hydrogens is 328 g/mol. The topological polar surface area (TPSA) is 26.3 Å². The van der Waals surface area contributed by atoms with Crippen molar-refractivity contribution in [2.75, 3.05) is 0 Å². The first-order chi connectivity index (χ1) is 10.1. The van der Waals surface area contributed by atoms with Crippen LogP contribution in [0.1, 0.15) is 16.7 Å². The number of hydrogen-bond acceptors (Lipinski definition) is 2. The Labute approximate surface area is 131 Å². The Balaban J connectivity index is 1.93. The first-order valence-corrected chi connectivity index (χ1v) is 7.39. The van der Waals surface area contributed by atoms with Crippen molar-refractivity contribution in [3.8, 4) is 0 Å². The van der Waals surface area contributed by atoms with Gasteiger partial charge in [-0.2, -0.15) is 0 Å². The van der Waals surface area contributed by atoms with E-state index < -0.39 is 0 Å². The standard InChI is InChI=1S/C18H13BrO2/c1-12-5-7-14(8-6-12)17-11-15(18(20)21-17)9-13-3-2-4-16(19)10-13/h2-11H,1H3. The highest BCUT2D eigenvalue weighted by molar-refractivity contribution is 9.10. The van der Waals surface area contributed by atoms with E-state index in [4.69, 9.17) is 4.74 Å². The van der Waals surface area contributed by atoms with Gasteiger partial charge in [0.25, 0.3) is 0 Å². The van der Waals surface area contributed by atoms with Gasteiger partial charge in [0, 0.05) is 10.0 Å². The molecule has 0 fully saturated rings. The Morgan fingerprint density at radius 2 is 1.86 bits per heavy atom. The van der Waals surface area contributed by atoms with E-state index in [1.54, 1.807) is 6.08 Å². The van der Waals surface area contributed by atoms with E-state index in [-0.39, 0.29) is 5.97 Å².